The van der Waals surface area contributed by atoms with E-state index < -0.39 is 0 Å². The number of likely N-dealkylation sites (tertiary alicyclic amines) is 1. The molecule has 0 radical (unpaired) electrons. The van der Waals surface area contributed by atoms with Crippen LogP contribution in [-0.2, 0) is 0 Å². The number of ether oxygens (including phenoxy) is 1. The maximum absolute atomic E-state index is 12.4. The van der Waals surface area contributed by atoms with E-state index in [4.69, 9.17) is 4.74 Å². The predicted octanol–water partition coefficient (Wildman–Crippen LogP) is 2.34. The molecule has 3 nitrogen and oxygen atoms in total. The molecule has 0 amide bonds. The van der Waals surface area contributed by atoms with Crippen molar-refractivity contribution in [2.24, 2.45) is 0 Å². The molecule has 0 bridgehead atoms. The van der Waals surface area contributed by atoms with Gasteiger partial charge in [-0.1, -0.05) is 42.5 Å². The Bertz CT molecular complexity index is 654. The summed E-state index contributed by atoms with van der Waals surface area (Å²) in [5.74, 6) is 1.59. The molecule has 120 valence electrons. The fraction of sp³-hybridized carbons (Fsp3) is 0.350. The highest BCUT2D eigenvalue weighted by atomic mass is 16.5. The maximum atomic E-state index is 12.4. The van der Waals surface area contributed by atoms with E-state index in [1.165, 1.54) is 16.9 Å². The van der Waals surface area contributed by atoms with Crippen LogP contribution in [-0.4, -0.2) is 32.5 Å². The third-order valence-corrected chi connectivity index (χ3v) is 4.75. The maximum Gasteiger partial charge on any atom is 0.168 e. The van der Waals surface area contributed by atoms with Crippen LogP contribution in [0.1, 0.15) is 34.7 Å². The van der Waals surface area contributed by atoms with Gasteiger partial charge >= 0.3 is 0 Å². The number of carbonyl (C=O) groups excluding carboxylic acids is 1. The summed E-state index contributed by atoms with van der Waals surface area (Å²) in [7, 11) is 1.63. The van der Waals surface area contributed by atoms with E-state index in [1.54, 1.807) is 7.11 Å². The van der Waals surface area contributed by atoms with E-state index >= 15 is 0 Å². The van der Waals surface area contributed by atoms with Gasteiger partial charge in [0.05, 0.1) is 33.2 Å². The Balaban J connectivity index is 1.52. The normalized spacial score (nSPS) is 20.4. The summed E-state index contributed by atoms with van der Waals surface area (Å²) in [6.45, 7) is 3.21. The average Bonchev–Trinajstić information content (AvgIpc) is 3.09. The van der Waals surface area contributed by atoms with Crippen molar-refractivity contribution in [3.63, 3.8) is 0 Å². The van der Waals surface area contributed by atoms with Crippen LogP contribution < -0.4 is 9.64 Å². The number of rotatable bonds is 6. The molecule has 3 rings (SSSR count). The molecular formula is C20H24NO2+. The predicted molar refractivity (Wildman–Crippen MR) is 91.3 cm³/mol. The first kappa shape index (κ1) is 15.8. The third kappa shape index (κ3) is 3.99. The van der Waals surface area contributed by atoms with E-state index in [-0.39, 0.29) is 5.78 Å². The van der Waals surface area contributed by atoms with E-state index in [1.807, 2.05) is 24.3 Å². The molecule has 1 unspecified atom stereocenters. The molecule has 2 atom stereocenters. The van der Waals surface area contributed by atoms with Gasteiger partial charge in [0, 0.05) is 17.9 Å². The quantitative estimate of drug-likeness (QED) is 0.830. The molecule has 1 heterocycles. The van der Waals surface area contributed by atoms with Gasteiger partial charge < -0.3 is 9.64 Å². The molecule has 1 aliphatic heterocycles. The Hall–Kier alpha value is -2.13. The van der Waals surface area contributed by atoms with Crippen molar-refractivity contribution in [2.45, 2.75) is 18.8 Å². The van der Waals surface area contributed by atoms with Gasteiger partial charge in [-0.2, -0.15) is 0 Å². The molecule has 1 aliphatic rings. The molecule has 2 aromatic carbocycles. The molecule has 1 fully saturated rings. The van der Waals surface area contributed by atoms with Crippen LogP contribution in [0.2, 0.25) is 0 Å². The van der Waals surface area contributed by atoms with Gasteiger partial charge in [0.25, 0.3) is 0 Å². The van der Waals surface area contributed by atoms with E-state index in [2.05, 4.69) is 30.3 Å². The van der Waals surface area contributed by atoms with Crippen molar-refractivity contribution in [2.75, 3.05) is 26.7 Å². The van der Waals surface area contributed by atoms with Crippen molar-refractivity contribution >= 4 is 5.78 Å². The summed E-state index contributed by atoms with van der Waals surface area (Å²) >= 11 is 0. The van der Waals surface area contributed by atoms with Crippen molar-refractivity contribution in [1.29, 1.82) is 0 Å². The first-order valence-electron chi connectivity index (χ1n) is 8.32. The molecule has 1 saturated heterocycles. The molecule has 23 heavy (non-hydrogen) atoms. The lowest BCUT2D eigenvalue weighted by atomic mass is 9.99. The summed E-state index contributed by atoms with van der Waals surface area (Å²) < 4.78 is 5.19. The van der Waals surface area contributed by atoms with Crippen LogP contribution in [0.4, 0.5) is 0 Å². The Kier molecular flexibility index (Phi) is 5.09. The highest BCUT2D eigenvalue weighted by Gasteiger charge is 2.27. The number of ketones is 1. The van der Waals surface area contributed by atoms with Gasteiger partial charge in [-0.25, -0.2) is 0 Å². The van der Waals surface area contributed by atoms with E-state index in [0.29, 0.717) is 12.3 Å². The van der Waals surface area contributed by atoms with Crippen molar-refractivity contribution < 1.29 is 14.4 Å². The van der Waals surface area contributed by atoms with E-state index in [0.717, 1.165) is 30.9 Å². The smallest absolute Gasteiger partial charge is 0.168 e. The van der Waals surface area contributed by atoms with Gasteiger partial charge in [-0.3, -0.25) is 4.79 Å². The SMILES string of the molecule is COc1cccc(C(=O)CC[NH+]2CC[C@H](c3ccccc3)C2)c1. The van der Waals surface area contributed by atoms with Gasteiger partial charge in [0.15, 0.2) is 5.78 Å². The Morgan fingerprint density at radius 2 is 2.00 bits per heavy atom. The van der Waals surface area contributed by atoms with E-state index in [9.17, 15) is 4.79 Å². The Labute approximate surface area is 137 Å². The van der Waals surface area contributed by atoms with Gasteiger partial charge in [0.1, 0.15) is 5.75 Å². The molecule has 0 aromatic heterocycles. The summed E-state index contributed by atoms with van der Waals surface area (Å²) in [6.07, 6.45) is 1.82. The number of nitrogens with one attached hydrogen (secondary N) is 1. The zero-order valence-electron chi connectivity index (χ0n) is 13.6. The van der Waals surface area contributed by atoms with Gasteiger partial charge in [0.2, 0.25) is 0 Å². The zero-order chi connectivity index (χ0) is 16.1. The molecule has 0 saturated carbocycles. The molecule has 0 spiro atoms. The molecule has 0 aliphatic carbocycles. The number of methoxy groups -OCH3 is 1. The number of Topliss-reactive ketones (excluding diaryl/α,β-unsaturated/α-hetero) is 1. The number of benzene rings is 2. The Morgan fingerprint density at radius 3 is 2.78 bits per heavy atom. The molecule has 3 heteroatoms. The third-order valence-electron chi connectivity index (χ3n) is 4.75. The Morgan fingerprint density at radius 1 is 1.17 bits per heavy atom. The number of quaternary nitrogens is 1. The summed E-state index contributed by atoms with van der Waals surface area (Å²) in [5.41, 5.74) is 2.18. The molecule has 2 aromatic rings. The lowest BCUT2D eigenvalue weighted by molar-refractivity contribution is -0.887. The zero-order valence-corrected chi connectivity index (χ0v) is 13.6. The fourth-order valence-electron chi connectivity index (χ4n) is 3.40. The van der Waals surface area contributed by atoms with Crippen molar-refractivity contribution in [3.8, 4) is 5.75 Å². The monoisotopic (exact) mass is 310 g/mol. The first-order chi connectivity index (χ1) is 11.3. The lowest BCUT2D eigenvalue weighted by Gasteiger charge is -2.13. The van der Waals surface area contributed by atoms with Crippen molar-refractivity contribution in [1.82, 2.24) is 0 Å². The van der Waals surface area contributed by atoms with Crippen LogP contribution in [0.3, 0.4) is 0 Å². The second kappa shape index (κ2) is 7.42. The number of hydrogen-bond donors (Lipinski definition) is 1. The largest absolute Gasteiger partial charge is 0.497 e. The van der Waals surface area contributed by atoms with Crippen molar-refractivity contribution in [3.05, 3.63) is 65.7 Å². The minimum atomic E-state index is 0.208. The minimum Gasteiger partial charge on any atom is -0.497 e. The average molecular weight is 310 g/mol. The van der Waals surface area contributed by atoms with Crippen LogP contribution >= 0.6 is 0 Å². The fourth-order valence-corrected chi connectivity index (χ4v) is 3.40. The van der Waals surface area contributed by atoms with Gasteiger partial charge in [-0.05, 0) is 17.7 Å². The van der Waals surface area contributed by atoms with Crippen LogP contribution in [0.5, 0.6) is 5.75 Å². The molecular weight excluding hydrogens is 286 g/mol. The number of carbonyl (C=O) groups is 1. The summed E-state index contributed by atoms with van der Waals surface area (Å²) in [4.78, 5) is 13.9. The second-order valence-corrected chi connectivity index (χ2v) is 6.26. The highest BCUT2D eigenvalue weighted by molar-refractivity contribution is 5.96. The van der Waals surface area contributed by atoms with Crippen LogP contribution in [0, 0.1) is 0 Å². The second-order valence-electron chi connectivity index (χ2n) is 6.26. The van der Waals surface area contributed by atoms with Crippen LogP contribution in [0.15, 0.2) is 54.6 Å². The van der Waals surface area contributed by atoms with Crippen LogP contribution in [0.25, 0.3) is 0 Å². The number of hydrogen-bond acceptors (Lipinski definition) is 2. The lowest BCUT2D eigenvalue weighted by Crippen LogP contribution is -3.10. The topological polar surface area (TPSA) is 30.7 Å². The molecule has 1 N–H and O–H groups in total. The minimum absolute atomic E-state index is 0.208. The first-order valence-corrected chi connectivity index (χ1v) is 8.32. The van der Waals surface area contributed by atoms with Gasteiger partial charge in [-0.15, -0.1) is 0 Å². The summed E-state index contributed by atoms with van der Waals surface area (Å²) in [5, 5.41) is 0. The summed E-state index contributed by atoms with van der Waals surface area (Å²) in [6, 6.07) is 18.2. The highest BCUT2D eigenvalue weighted by Crippen LogP contribution is 2.19. The standard InChI is InChI=1S/C20H23NO2/c1-23-19-9-5-8-17(14-19)20(22)11-13-21-12-10-18(15-21)16-6-3-2-4-7-16/h2-9,14,18H,10-13,15H2,1H3/p+1/t18-/m0/s1.